The van der Waals surface area contributed by atoms with Crippen molar-refractivity contribution in [2.45, 2.75) is 13.8 Å². The lowest BCUT2D eigenvalue weighted by Gasteiger charge is -2.12. The van der Waals surface area contributed by atoms with Gasteiger partial charge in [0, 0.05) is 21.4 Å². The summed E-state index contributed by atoms with van der Waals surface area (Å²) in [5.41, 5.74) is 9.83. The molecule has 0 radical (unpaired) electrons. The van der Waals surface area contributed by atoms with Crippen LogP contribution in [0.25, 0.3) is 0 Å². The van der Waals surface area contributed by atoms with Crippen LogP contribution in [0.1, 0.15) is 21.5 Å². The van der Waals surface area contributed by atoms with Gasteiger partial charge in [0.2, 0.25) is 0 Å². The summed E-state index contributed by atoms with van der Waals surface area (Å²) in [6.07, 6.45) is 0. The second-order valence-corrected chi connectivity index (χ2v) is 5.41. The fourth-order valence-corrected chi connectivity index (χ4v) is 2.41. The molecule has 0 aromatic heterocycles. The molecule has 0 aliphatic carbocycles. The van der Waals surface area contributed by atoms with Crippen LogP contribution in [0.2, 0.25) is 0 Å². The van der Waals surface area contributed by atoms with Crippen molar-refractivity contribution in [3.8, 4) is 0 Å². The number of carbonyl (C=O) groups is 1. The zero-order chi connectivity index (χ0) is 14.0. The Morgan fingerprint density at radius 3 is 2.37 bits per heavy atom. The molecule has 0 aliphatic heterocycles. The van der Waals surface area contributed by atoms with E-state index in [0.717, 1.165) is 21.3 Å². The molecule has 0 bridgehead atoms. The molecule has 0 atom stereocenters. The standard InChI is InChI=1S/C15H15BrN2O/c1-9-6-13(17)7-10(2)14(9)18-15(19)11-4-3-5-12(16)8-11/h3-8H,17H2,1-2H3,(H,18,19). The van der Waals surface area contributed by atoms with Gasteiger partial charge in [-0.15, -0.1) is 0 Å². The first-order valence-corrected chi connectivity index (χ1v) is 6.70. The van der Waals surface area contributed by atoms with Gasteiger partial charge in [0.05, 0.1) is 0 Å². The third kappa shape index (κ3) is 3.15. The van der Waals surface area contributed by atoms with E-state index in [0.29, 0.717) is 11.3 Å². The van der Waals surface area contributed by atoms with Gasteiger partial charge < -0.3 is 11.1 Å². The molecule has 0 fully saturated rings. The number of hydrogen-bond acceptors (Lipinski definition) is 2. The third-order valence-electron chi connectivity index (χ3n) is 2.88. The van der Waals surface area contributed by atoms with Crippen molar-refractivity contribution in [1.82, 2.24) is 0 Å². The van der Waals surface area contributed by atoms with Crippen LogP contribution < -0.4 is 11.1 Å². The first-order valence-electron chi connectivity index (χ1n) is 5.91. The van der Waals surface area contributed by atoms with Gasteiger partial charge in [0.15, 0.2) is 0 Å². The van der Waals surface area contributed by atoms with Gasteiger partial charge in [-0.25, -0.2) is 0 Å². The van der Waals surface area contributed by atoms with Crippen molar-refractivity contribution in [3.63, 3.8) is 0 Å². The summed E-state index contributed by atoms with van der Waals surface area (Å²) in [7, 11) is 0. The summed E-state index contributed by atoms with van der Waals surface area (Å²) in [4.78, 5) is 12.2. The molecule has 4 heteroatoms. The van der Waals surface area contributed by atoms with Crippen LogP contribution in [-0.4, -0.2) is 5.91 Å². The van der Waals surface area contributed by atoms with E-state index in [9.17, 15) is 4.79 Å². The Balaban J connectivity index is 2.29. The number of aryl methyl sites for hydroxylation is 2. The zero-order valence-corrected chi connectivity index (χ0v) is 12.4. The first kappa shape index (κ1) is 13.6. The van der Waals surface area contributed by atoms with Crippen LogP contribution in [0.4, 0.5) is 11.4 Å². The second kappa shape index (κ2) is 5.45. The Morgan fingerprint density at radius 2 is 1.79 bits per heavy atom. The second-order valence-electron chi connectivity index (χ2n) is 4.49. The molecule has 19 heavy (non-hydrogen) atoms. The molecule has 0 saturated heterocycles. The average Bonchev–Trinajstić information content (AvgIpc) is 2.33. The van der Waals surface area contributed by atoms with E-state index in [1.54, 1.807) is 12.1 Å². The summed E-state index contributed by atoms with van der Waals surface area (Å²) in [6, 6.07) is 11.0. The third-order valence-corrected chi connectivity index (χ3v) is 3.37. The Morgan fingerprint density at radius 1 is 1.16 bits per heavy atom. The maximum atomic E-state index is 12.2. The molecule has 0 heterocycles. The maximum absolute atomic E-state index is 12.2. The van der Waals surface area contributed by atoms with Crippen LogP contribution in [0.3, 0.4) is 0 Å². The van der Waals surface area contributed by atoms with Gasteiger partial charge in [-0.1, -0.05) is 22.0 Å². The fraction of sp³-hybridized carbons (Fsp3) is 0.133. The minimum Gasteiger partial charge on any atom is -0.399 e. The van der Waals surface area contributed by atoms with Gasteiger partial charge >= 0.3 is 0 Å². The van der Waals surface area contributed by atoms with E-state index in [1.165, 1.54) is 0 Å². The highest BCUT2D eigenvalue weighted by atomic mass is 79.9. The van der Waals surface area contributed by atoms with Crippen molar-refractivity contribution >= 4 is 33.2 Å². The molecule has 3 nitrogen and oxygen atoms in total. The number of amides is 1. The van der Waals surface area contributed by atoms with E-state index in [-0.39, 0.29) is 5.91 Å². The van der Waals surface area contributed by atoms with Gasteiger partial charge in [-0.2, -0.15) is 0 Å². The minimum atomic E-state index is -0.128. The summed E-state index contributed by atoms with van der Waals surface area (Å²) >= 11 is 3.36. The lowest BCUT2D eigenvalue weighted by atomic mass is 10.1. The van der Waals surface area contributed by atoms with Crippen molar-refractivity contribution in [3.05, 3.63) is 57.6 Å². The maximum Gasteiger partial charge on any atom is 0.255 e. The van der Waals surface area contributed by atoms with Crippen molar-refractivity contribution in [2.75, 3.05) is 11.1 Å². The van der Waals surface area contributed by atoms with E-state index in [2.05, 4.69) is 21.2 Å². The van der Waals surface area contributed by atoms with Crippen molar-refractivity contribution in [1.29, 1.82) is 0 Å². The van der Waals surface area contributed by atoms with Crippen molar-refractivity contribution in [2.24, 2.45) is 0 Å². The van der Waals surface area contributed by atoms with Gasteiger partial charge in [0.1, 0.15) is 0 Å². The highest BCUT2D eigenvalue weighted by molar-refractivity contribution is 9.10. The Labute approximate surface area is 121 Å². The van der Waals surface area contributed by atoms with Crippen LogP contribution in [0.15, 0.2) is 40.9 Å². The molecule has 2 aromatic rings. The fourth-order valence-electron chi connectivity index (χ4n) is 2.01. The smallest absolute Gasteiger partial charge is 0.255 e. The van der Waals surface area contributed by atoms with Crippen LogP contribution in [-0.2, 0) is 0 Å². The number of rotatable bonds is 2. The average molecular weight is 319 g/mol. The van der Waals surface area contributed by atoms with Crippen molar-refractivity contribution < 1.29 is 4.79 Å². The van der Waals surface area contributed by atoms with Crippen LogP contribution in [0, 0.1) is 13.8 Å². The molecule has 0 saturated carbocycles. The molecule has 2 aromatic carbocycles. The summed E-state index contributed by atoms with van der Waals surface area (Å²) in [6.45, 7) is 3.86. The van der Waals surface area contributed by atoms with E-state index in [1.807, 2.05) is 38.1 Å². The number of halogens is 1. The molecule has 2 rings (SSSR count). The summed E-state index contributed by atoms with van der Waals surface area (Å²) in [5, 5.41) is 2.93. The molecule has 0 unspecified atom stereocenters. The molecular weight excluding hydrogens is 304 g/mol. The first-order chi connectivity index (χ1) is 8.97. The molecule has 1 amide bonds. The number of anilines is 2. The predicted octanol–water partition coefficient (Wildman–Crippen LogP) is 3.90. The summed E-state index contributed by atoms with van der Waals surface area (Å²) in [5.74, 6) is -0.128. The molecule has 3 N–H and O–H groups in total. The Bertz CT molecular complexity index is 615. The number of nitrogens with one attached hydrogen (secondary N) is 1. The van der Waals surface area contributed by atoms with Gasteiger partial charge in [-0.05, 0) is 55.3 Å². The van der Waals surface area contributed by atoms with Gasteiger partial charge in [-0.3, -0.25) is 4.79 Å². The Kier molecular flexibility index (Phi) is 3.90. The molecule has 0 aliphatic rings. The van der Waals surface area contributed by atoms with Crippen LogP contribution >= 0.6 is 15.9 Å². The lowest BCUT2D eigenvalue weighted by molar-refractivity contribution is 0.102. The Hall–Kier alpha value is -1.81. The SMILES string of the molecule is Cc1cc(N)cc(C)c1NC(=O)c1cccc(Br)c1. The summed E-state index contributed by atoms with van der Waals surface area (Å²) < 4.78 is 0.880. The largest absolute Gasteiger partial charge is 0.399 e. The monoisotopic (exact) mass is 318 g/mol. The van der Waals surface area contributed by atoms with E-state index < -0.39 is 0 Å². The van der Waals surface area contributed by atoms with E-state index in [4.69, 9.17) is 5.73 Å². The number of nitrogen functional groups attached to an aromatic ring is 1. The van der Waals surface area contributed by atoms with Gasteiger partial charge in [0.25, 0.3) is 5.91 Å². The minimum absolute atomic E-state index is 0.128. The molecular formula is C15H15BrN2O. The number of hydrogen-bond donors (Lipinski definition) is 2. The quantitative estimate of drug-likeness (QED) is 0.825. The topological polar surface area (TPSA) is 55.1 Å². The normalized spacial score (nSPS) is 10.3. The number of nitrogens with two attached hydrogens (primary N) is 1. The van der Waals surface area contributed by atoms with E-state index >= 15 is 0 Å². The molecule has 98 valence electrons. The molecule has 0 spiro atoms. The number of benzene rings is 2. The lowest BCUT2D eigenvalue weighted by Crippen LogP contribution is -2.14. The highest BCUT2D eigenvalue weighted by Crippen LogP contribution is 2.24. The predicted molar refractivity (Wildman–Crippen MR) is 82.4 cm³/mol. The number of carbonyl (C=O) groups excluding carboxylic acids is 1. The van der Waals surface area contributed by atoms with Crippen LogP contribution in [0.5, 0.6) is 0 Å². The highest BCUT2D eigenvalue weighted by Gasteiger charge is 2.10. The zero-order valence-electron chi connectivity index (χ0n) is 10.8.